The topological polar surface area (TPSA) is 42.8 Å². The van der Waals surface area contributed by atoms with Crippen LogP contribution in [0.3, 0.4) is 0 Å². The van der Waals surface area contributed by atoms with Crippen LogP contribution in [0.2, 0.25) is 0 Å². The van der Waals surface area contributed by atoms with E-state index >= 15 is 0 Å². The number of hydrogen-bond donors (Lipinski definition) is 1. The molecule has 3 heteroatoms. The van der Waals surface area contributed by atoms with E-state index in [1.807, 2.05) is 18.5 Å². The van der Waals surface area contributed by atoms with Gasteiger partial charge in [0, 0.05) is 23.8 Å². The largest absolute Gasteiger partial charge is 0.365 e. The number of hydrogen-bond acceptors (Lipinski definition) is 1. The molecule has 2 aromatic heterocycles. The summed E-state index contributed by atoms with van der Waals surface area (Å²) in [7, 11) is 0. The molecule has 0 radical (unpaired) electrons. The average Bonchev–Trinajstić information content (AvgIpc) is 2.33. The van der Waals surface area contributed by atoms with E-state index in [2.05, 4.69) is 15.2 Å². The molecule has 0 aliphatic rings. The predicted molar refractivity (Wildman–Crippen MR) is 32.6 cm³/mol. The fourth-order valence-electron chi connectivity index (χ4n) is 0.832. The number of nitrogens with zero attached hydrogens (tertiary/aromatic N) is 1. The van der Waals surface area contributed by atoms with Crippen LogP contribution < -0.4 is 5.10 Å². The minimum Gasteiger partial charge on any atom is -0.365 e. The fraction of sp³-hybridized carbons (Fsp3) is 0. The molecule has 0 saturated carbocycles. The highest BCUT2D eigenvalue weighted by molar-refractivity contribution is 5.76. The molecule has 0 unspecified atom stereocenters. The van der Waals surface area contributed by atoms with E-state index in [1.54, 1.807) is 6.20 Å². The van der Waals surface area contributed by atoms with Gasteiger partial charge in [0.1, 0.15) is 0 Å². The van der Waals surface area contributed by atoms with Crippen molar-refractivity contribution in [3.63, 3.8) is 0 Å². The zero-order valence-corrected chi connectivity index (χ0v) is 4.76. The van der Waals surface area contributed by atoms with Gasteiger partial charge in [-0.1, -0.05) is 0 Å². The van der Waals surface area contributed by atoms with Crippen LogP contribution in [0.1, 0.15) is 0 Å². The van der Waals surface area contributed by atoms with E-state index in [0.717, 1.165) is 10.9 Å². The van der Waals surface area contributed by atoms with Crippen LogP contribution in [0.4, 0.5) is 0 Å². The first-order valence-corrected chi connectivity index (χ1v) is 2.76. The first-order chi connectivity index (χ1) is 4.47. The van der Waals surface area contributed by atoms with Crippen molar-refractivity contribution in [3.05, 3.63) is 24.7 Å². The summed E-state index contributed by atoms with van der Waals surface area (Å²) in [6.07, 6.45) is 5.57. The highest BCUT2D eigenvalue weighted by Crippen LogP contribution is 2.04. The van der Waals surface area contributed by atoms with Gasteiger partial charge in [-0.25, -0.2) is 0 Å². The normalized spacial score (nSPS) is 10.2. The quantitative estimate of drug-likeness (QED) is 0.536. The van der Waals surface area contributed by atoms with Gasteiger partial charge in [-0.05, 0) is 5.10 Å². The number of rotatable bonds is 0. The van der Waals surface area contributed by atoms with Crippen molar-refractivity contribution >= 4 is 10.9 Å². The lowest BCUT2D eigenvalue weighted by molar-refractivity contribution is -0.451. The Hall–Kier alpha value is -1.38. The molecule has 44 valence electrons. The Morgan fingerprint density at radius 1 is 1.44 bits per heavy atom. The Morgan fingerprint density at radius 3 is 3.33 bits per heavy atom. The molecular weight excluding hydrogens is 114 g/mol. The van der Waals surface area contributed by atoms with Crippen LogP contribution >= 0.6 is 0 Å². The molecular formula is C6H6N3+. The molecule has 2 N–H and O–H groups in total. The molecule has 3 nitrogen and oxygen atoms in total. The molecule has 0 aromatic carbocycles. The smallest absolute Gasteiger partial charge is 0.194 e. The van der Waals surface area contributed by atoms with Crippen LogP contribution in [0.5, 0.6) is 0 Å². The monoisotopic (exact) mass is 120 g/mol. The van der Waals surface area contributed by atoms with E-state index in [1.165, 1.54) is 0 Å². The van der Waals surface area contributed by atoms with Crippen LogP contribution in [0, 0.1) is 0 Å². The average molecular weight is 120 g/mol. The molecule has 0 bridgehead atoms. The Morgan fingerprint density at radius 2 is 2.44 bits per heavy atom. The number of fused-ring (bicyclic) bond motifs is 1. The van der Waals surface area contributed by atoms with Gasteiger partial charge in [-0.15, -0.1) is 5.10 Å². The van der Waals surface area contributed by atoms with Gasteiger partial charge in [-0.2, -0.15) is 0 Å². The van der Waals surface area contributed by atoms with Crippen molar-refractivity contribution in [2.45, 2.75) is 0 Å². The van der Waals surface area contributed by atoms with E-state index < -0.39 is 0 Å². The van der Waals surface area contributed by atoms with Crippen molar-refractivity contribution in [1.29, 1.82) is 0 Å². The second-order valence-electron chi connectivity index (χ2n) is 1.87. The molecule has 0 aliphatic heterocycles. The molecule has 2 aromatic rings. The maximum Gasteiger partial charge on any atom is 0.194 e. The predicted octanol–water partition coefficient (Wildman–Crippen LogP) is 0.377. The molecule has 9 heavy (non-hydrogen) atoms. The molecule has 0 atom stereocenters. The van der Waals surface area contributed by atoms with Gasteiger partial charge in [0.05, 0.1) is 0 Å². The summed E-state index contributed by atoms with van der Waals surface area (Å²) in [6.45, 7) is 0. The minimum atomic E-state index is 0.970. The second-order valence-corrected chi connectivity index (χ2v) is 1.87. The third-order valence-electron chi connectivity index (χ3n) is 1.28. The number of aromatic nitrogens is 3. The summed E-state index contributed by atoms with van der Waals surface area (Å²) in [5.74, 6) is 0. The molecule has 2 heterocycles. The Bertz CT molecular complexity index is 282. The van der Waals surface area contributed by atoms with Gasteiger partial charge in [0.2, 0.25) is 0 Å². The first-order valence-electron chi connectivity index (χ1n) is 2.76. The Kier molecular flexibility index (Phi) is 0.773. The van der Waals surface area contributed by atoms with Crippen LogP contribution in [0.25, 0.3) is 10.9 Å². The van der Waals surface area contributed by atoms with Crippen LogP contribution in [-0.2, 0) is 0 Å². The molecule has 2 rings (SSSR count). The van der Waals surface area contributed by atoms with E-state index in [4.69, 9.17) is 0 Å². The van der Waals surface area contributed by atoms with Gasteiger partial charge < -0.3 is 4.98 Å². The van der Waals surface area contributed by atoms with E-state index in [0.29, 0.717) is 0 Å². The lowest BCUT2D eigenvalue weighted by Gasteiger charge is -1.74. The maximum absolute atomic E-state index is 3.98. The standard InChI is InChI=1S/C6H5N3/c1-2-8-9-6-4-7-3-5(1)6/h1-4,7H/p+1. The molecule has 0 amide bonds. The van der Waals surface area contributed by atoms with E-state index in [9.17, 15) is 0 Å². The second kappa shape index (κ2) is 1.55. The van der Waals surface area contributed by atoms with Gasteiger partial charge in [0.25, 0.3) is 0 Å². The minimum absolute atomic E-state index is 0.970. The summed E-state index contributed by atoms with van der Waals surface area (Å²) in [5, 5.41) is 7.87. The van der Waals surface area contributed by atoms with Crippen LogP contribution in [0.15, 0.2) is 24.7 Å². The summed E-state index contributed by atoms with van der Waals surface area (Å²) in [5.41, 5.74) is 0.970. The summed E-state index contributed by atoms with van der Waals surface area (Å²) >= 11 is 0. The Labute approximate surface area is 51.7 Å². The molecule has 0 spiro atoms. The SMILES string of the molecule is c1cc2c[nH]cc2n[nH+]1. The van der Waals surface area contributed by atoms with Crippen molar-refractivity contribution in [3.8, 4) is 0 Å². The molecule has 0 saturated heterocycles. The van der Waals surface area contributed by atoms with Crippen molar-refractivity contribution < 1.29 is 5.10 Å². The maximum atomic E-state index is 3.98. The van der Waals surface area contributed by atoms with Crippen molar-refractivity contribution in [1.82, 2.24) is 10.1 Å². The van der Waals surface area contributed by atoms with E-state index in [-0.39, 0.29) is 0 Å². The highest BCUT2D eigenvalue weighted by atomic mass is 15.1. The third-order valence-corrected chi connectivity index (χ3v) is 1.28. The van der Waals surface area contributed by atoms with Crippen LogP contribution in [-0.4, -0.2) is 10.1 Å². The lowest BCUT2D eigenvalue weighted by atomic mass is 10.4. The number of aromatic amines is 2. The zero-order chi connectivity index (χ0) is 6.10. The fourth-order valence-corrected chi connectivity index (χ4v) is 0.832. The summed E-state index contributed by atoms with van der Waals surface area (Å²) in [6, 6.07) is 1.97. The number of nitrogens with one attached hydrogen (secondary N) is 2. The van der Waals surface area contributed by atoms with Crippen molar-refractivity contribution in [2.24, 2.45) is 0 Å². The summed E-state index contributed by atoms with van der Waals surface area (Å²) in [4.78, 5) is 2.96. The number of H-pyrrole nitrogens is 2. The van der Waals surface area contributed by atoms with Crippen molar-refractivity contribution in [2.75, 3.05) is 0 Å². The Balaban J connectivity index is 2.95. The lowest BCUT2D eigenvalue weighted by Crippen LogP contribution is -2.04. The van der Waals surface area contributed by atoms with Gasteiger partial charge in [0.15, 0.2) is 11.7 Å². The van der Waals surface area contributed by atoms with Gasteiger partial charge >= 0.3 is 0 Å². The van der Waals surface area contributed by atoms with Gasteiger partial charge in [-0.3, -0.25) is 0 Å². The first kappa shape index (κ1) is 4.49. The third kappa shape index (κ3) is 0.579. The zero-order valence-electron chi connectivity index (χ0n) is 4.76. The summed E-state index contributed by atoms with van der Waals surface area (Å²) < 4.78 is 0. The molecule has 0 fully saturated rings. The molecule has 0 aliphatic carbocycles. The highest BCUT2D eigenvalue weighted by Gasteiger charge is 1.93.